The Bertz CT molecular complexity index is 228. The van der Waals surface area contributed by atoms with Gasteiger partial charge in [-0.15, -0.1) is 0 Å². The highest BCUT2D eigenvalue weighted by Crippen LogP contribution is 1.99. The SMILES string of the molecule is CC(C)(C)NC(=O)OCCCN=[N+]=[N-]. The molecule has 0 saturated heterocycles. The first-order chi connectivity index (χ1) is 6.45. The van der Waals surface area contributed by atoms with Gasteiger partial charge in [0.25, 0.3) is 0 Å². The molecule has 0 aliphatic carbocycles. The Kier molecular flexibility index (Phi) is 5.48. The van der Waals surface area contributed by atoms with Gasteiger partial charge >= 0.3 is 6.09 Å². The fourth-order valence-electron chi connectivity index (χ4n) is 0.687. The van der Waals surface area contributed by atoms with Crippen molar-refractivity contribution in [2.75, 3.05) is 13.2 Å². The number of nitrogens with one attached hydrogen (secondary N) is 1. The normalized spacial score (nSPS) is 10.2. The summed E-state index contributed by atoms with van der Waals surface area (Å²) in [5, 5.41) is 5.96. The van der Waals surface area contributed by atoms with Gasteiger partial charge in [-0.25, -0.2) is 4.79 Å². The number of amides is 1. The van der Waals surface area contributed by atoms with E-state index in [-0.39, 0.29) is 12.1 Å². The van der Waals surface area contributed by atoms with Crippen LogP contribution in [0.25, 0.3) is 10.4 Å². The molecular weight excluding hydrogens is 184 g/mol. The minimum absolute atomic E-state index is 0.265. The van der Waals surface area contributed by atoms with E-state index in [1.165, 1.54) is 0 Å². The molecule has 0 heterocycles. The van der Waals surface area contributed by atoms with Crippen LogP contribution in [0.1, 0.15) is 27.2 Å². The third-order valence-electron chi connectivity index (χ3n) is 1.18. The Morgan fingerprint density at radius 3 is 2.71 bits per heavy atom. The number of carbonyl (C=O) groups is 1. The standard InChI is InChI=1S/C8H16N4O2/c1-8(2,3)11-7(13)14-6-4-5-10-12-9/h4-6H2,1-3H3,(H,11,13). The van der Waals surface area contributed by atoms with Crippen LogP contribution >= 0.6 is 0 Å². The molecule has 0 fully saturated rings. The van der Waals surface area contributed by atoms with Crippen LogP contribution in [0.2, 0.25) is 0 Å². The monoisotopic (exact) mass is 200 g/mol. The van der Waals surface area contributed by atoms with Crippen LogP contribution in [-0.4, -0.2) is 24.8 Å². The minimum atomic E-state index is -0.446. The number of carbonyl (C=O) groups excluding carboxylic acids is 1. The molecule has 0 aromatic rings. The Balaban J connectivity index is 3.50. The van der Waals surface area contributed by atoms with Crippen LogP contribution in [0, 0.1) is 0 Å². The summed E-state index contributed by atoms with van der Waals surface area (Å²) in [6.07, 6.45) is 0.0974. The number of hydrogen-bond donors (Lipinski definition) is 1. The lowest BCUT2D eigenvalue weighted by molar-refractivity contribution is 0.137. The highest BCUT2D eigenvalue weighted by molar-refractivity contribution is 5.67. The first-order valence-corrected chi connectivity index (χ1v) is 4.41. The zero-order chi connectivity index (χ0) is 11.0. The van der Waals surface area contributed by atoms with Crippen molar-refractivity contribution < 1.29 is 9.53 Å². The van der Waals surface area contributed by atoms with Crippen molar-refractivity contribution in [1.29, 1.82) is 0 Å². The highest BCUT2D eigenvalue weighted by atomic mass is 16.5. The molecule has 0 radical (unpaired) electrons. The van der Waals surface area contributed by atoms with Crippen LogP contribution in [0.15, 0.2) is 5.11 Å². The molecule has 14 heavy (non-hydrogen) atoms. The molecule has 0 atom stereocenters. The van der Waals surface area contributed by atoms with Crippen LogP contribution in [0.5, 0.6) is 0 Å². The van der Waals surface area contributed by atoms with Crippen LogP contribution in [0.3, 0.4) is 0 Å². The lowest BCUT2D eigenvalue weighted by atomic mass is 10.1. The first kappa shape index (κ1) is 12.6. The molecule has 0 saturated carbocycles. The predicted octanol–water partition coefficient (Wildman–Crippen LogP) is 2.21. The zero-order valence-corrected chi connectivity index (χ0v) is 8.78. The average molecular weight is 200 g/mol. The molecule has 0 bridgehead atoms. The molecular formula is C8H16N4O2. The fourth-order valence-corrected chi connectivity index (χ4v) is 0.687. The van der Waals surface area contributed by atoms with E-state index in [1.54, 1.807) is 0 Å². The molecule has 0 unspecified atom stereocenters. The third-order valence-corrected chi connectivity index (χ3v) is 1.18. The van der Waals surface area contributed by atoms with Crippen molar-refractivity contribution in [3.63, 3.8) is 0 Å². The molecule has 0 aliphatic rings. The van der Waals surface area contributed by atoms with Gasteiger partial charge in [0, 0.05) is 17.0 Å². The van der Waals surface area contributed by atoms with Crippen molar-refractivity contribution in [2.24, 2.45) is 5.11 Å². The van der Waals surface area contributed by atoms with Crippen molar-refractivity contribution >= 4 is 6.09 Å². The summed E-state index contributed by atoms with van der Waals surface area (Å²) in [7, 11) is 0. The number of ether oxygens (including phenoxy) is 1. The molecule has 80 valence electrons. The molecule has 0 aliphatic heterocycles. The second-order valence-corrected chi connectivity index (χ2v) is 3.82. The second-order valence-electron chi connectivity index (χ2n) is 3.82. The van der Waals surface area contributed by atoms with Crippen molar-refractivity contribution in [3.8, 4) is 0 Å². The van der Waals surface area contributed by atoms with Crippen LogP contribution < -0.4 is 5.32 Å². The summed E-state index contributed by atoms with van der Waals surface area (Å²) in [6, 6.07) is 0. The van der Waals surface area contributed by atoms with Crippen molar-refractivity contribution in [3.05, 3.63) is 10.4 Å². The Labute approximate surface area is 83.3 Å². The van der Waals surface area contributed by atoms with Crippen LogP contribution in [-0.2, 0) is 4.74 Å². The van der Waals surface area contributed by atoms with Gasteiger partial charge < -0.3 is 10.1 Å². The summed E-state index contributed by atoms with van der Waals surface area (Å²) in [5.74, 6) is 0. The molecule has 0 aromatic carbocycles. The smallest absolute Gasteiger partial charge is 0.407 e. The van der Waals surface area contributed by atoms with Gasteiger partial charge in [0.1, 0.15) is 0 Å². The molecule has 1 N–H and O–H groups in total. The maximum absolute atomic E-state index is 11.1. The van der Waals surface area contributed by atoms with Gasteiger partial charge in [-0.1, -0.05) is 5.11 Å². The quantitative estimate of drug-likeness (QED) is 0.326. The maximum atomic E-state index is 11.1. The largest absolute Gasteiger partial charge is 0.450 e. The van der Waals surface area contributed by atoms with Gasteiger partial charge in [0.15, 0.2) is 0 Å². The first-order valence-electron chi connectivity index (χ1n) is 4.41. The number of rotatable bonds is 4. The molecule has 6 heteroatoms. The van der Waals surface area contributed by atoms with Gasteiger partial charge in [-0.2, -0.15) is 0 Å². The van der Waals surface area contributed by atoms with E-state index in [1.807, 2.05) is 20.8 Å². The molecule has 0 aromatic heterocycles. The maximum Gasteiger partial charge on any atom is 0.407 e. The molecule has 6 nitrogen and oxygen atoms in total. The molecule has 0 rings (SSSR count). The number of alkyl carbamates (subject to hydrolysis) is 1. The Morgan fingerprint density at radius 2 is 2.21 bits per heavy atom. The van der Waals surface area contributed by atoms with E-state index in [4.69, 9.17) is 10.3 Å². The van der Waals surface area contributed by atoms with Gasteiger partial charge in [-0.05, 0) is 32.7 Å². The Hall–Kier alpha value is -1.42. The predicted molar refractivity (Wildman–Crippen MR) is 52.9 cm³/mol. The number of nitrogens with zero attached hydrogens (tertiary/aromatic N) is 3. The van der Waals surface area contributed by atoms with Gasteiger partial charge in [0.05, 0.1) is 6.61 Å². The zero-order valence-electron chi connectivity index (χ0n) is 8.78. The average Bonchev–Trinajstić information content (AvgIpc) is 2.00. The number of azide groups is 1. The number of hydrogen-bond acceptors (Lipinski definition) is 3. The van der Waals surface area contributed by atoms with E-state index >= 15 is 0 Å². The van der Waals surface area contributed by atoms with Gasteiger partial charge in [-0.3, -0.25) is 0 Å². The second kappa shape index (κ2) is 6.10. The van der Waals surface area contributed by atoms with E-state index in [0.717, 1.165) is 0 Å². The summed E-state index contributed by atoms with van der Waals surface area (Å²) in [4.78, 5) is 13.6. The summed E-state index contributed by atoms with van der Waals surface area (Å²) in [6.45, 7) is 6.22. The van der Waals surface area contributed by atoms with E-state index in [0.29, 0.717) is 13.0 Å². The summed E-state index contributed by atoms with van der Waals surface area (Å²) in [5.41, 5.74) is 7.68. The van der Waals surface area contributed by atoms with Crippen molar-refractivity contribution in [2.45, 2.75) is 32.7 Å². The molecule has 1 amide bonds. The minimum Gasteiger partial charge on any atom is -0.450 e. The van der Waals surface area contributed by atoms with Gasteiger partial charge in [0.2, 0.25) is 0 Å². The third kappa shape index (κ3) is 8.67. The summed E-state index contributed by atoms with van der Waals surface area (Å²) < 4.78 is 4.83. The van der Waals surface area contributed by atoms with E-state index < -0.39 is 6.09 Å². The van der Waals surface area contributed by atoms with Crippen molar-refractivity contribution in [1.82, 2.24) is 5.32 Å². The summed E-state index contributed by atoms with van der Waals surface area (Å²) >= 11 is 0. The van der Waals surface area contributed by atoms with Crippen LogP contribution in [0.4, 0.5) is 4.79 Å². The highest BCUT2D eigenvalue weighted by Gasteiger charge is 2.13. The molecule has 0 spiro atoms. The van der Waals surface area contributed by atoms with E-state index in [9.17, 15) is 4.79 Å². The topological polar surface area (TPSA) is 87.1 Å². The van der Waals surface area contributed by atoms with E-state index in [2.05, 4.69) is 15.3 Å². The fraction of sp³-hybridized carbons (Fsp3) is 0.875. The Morgan fingerprint density at radius 1 is 1.57 bits per heavy atom. The lowest BCUT2D eigenvalue weighted by Gasteiger charge is -2.19. The lowest BCUT2D eigenvalue weighted by Crippen LogP contribution is -2.41.